The Morgan fingerprint density at radius 2 is 1.86 bits per heavy atom. The summed E-state index contributed by atoms with van der Waals surface area (Å²) < 4.78 is 11.6. The minimum Gasteiger partial charge on any atom is -0.491 e. The normalized spacial score (nSPS) is 12.6. The van der Waals surface area contributed by atoms with Crippen molar-refractivity contribution in [1.82, 2.24) is 5.32 Å². The fourth-order valence-electron chi connectivity index (χ4n) is 2.57. The van der Waals surface area contributed by atoms with Crippen molar-refractivity contribution in [3.63, 3.8) is 0 Å². The lowest BCUT2D eigenvalue weighted by Crippen LogP contribution is -2.23. The number of aryl methyl sites for hydroxylation is 1. The average Bonchev–Trinajstić information content (AvgIpc) is 2.93. The second-order valence-corrected chi connectivity index (χ2v) is 5.35. The quantitative estimate of drug-likeness (QED) is 0.823. The van der Waals surface area contributed by atoms with Gasteiger partial charge in [-0.15, -0.1) is 0 Å². The third-order valence-electron chi connectivity index (χ3n) is 3.41. The standard InChI is InChI=1S/C18H25NO2/c1-5-16-15(11-12-20-16)18(19-6-2)14-9-7-8-10-17(14)21-13(3)4/h7-13,18-19H,5-6H2,1-4H3. The lowest BCUT2D eigenvalue weighted by atomic mass is 9.97. The number of para-hydroxylation sites is 1. The largest absolute Gasteiger partial charge is 0.491 e. The van der Waals surface area contributed by atoms with Crippen LogP contribution in [0, 0.1) is 0 Å². The van der Waals surface area contributed by atoms with Gasteiger partial charge in [-0.3, -0.25) is 0 Å². The molecule has 21 heavy (non-hydrogen) atoms. The van der Waals surface area contributed by atoms with Crippen LogP contribution in [0.15, 0.2) is 41.0 Å². The van der Waals surface area contributed by atoms with E-state index < -0.39 is 0 Å². The van der Waals surface area contributed by atoms with Crippen molar-refractivity contribution in [2.24, 2.45) is 0 Å². The highest BCUT2D eigenvalue weighted by Gasteiger charge is 2.21. The Hall–Kier alpha value is -1.74. The zero-order valence-electron chi connectivity index (χ0n) is 13.3. The molecule has 3 heteroatoms. The molecule has 1 unspecified atom stereocenters. The van der Waals surface area contributed by atoms with E-state index in [9.17, 15) is 0 Å². The molecule has 1 N–H and O–H groups in total. The molecule has 0 saturated carbocycles. The van der Waals surface area contributed by atoms with Crippen LogP contribution in [-0.2, 0) is 6.42 Å². The molecule has 114 valence electrons. The topological polar surface area (TPSA) is 34.4 Å². The van der Waals surface area contributed by atoms with E-state index >= 15 is 0 Å². The Bertz CT molecular complexity index is 560. The van der Waals surface area contributed by atoms with E-state index in [-0.39, 0.29) is 12.1 Å². The first kappa shape index (κ1) is 15.6. The number of benzene rings is 1. The van der Waals surface area contributed by atoms with Crippen molar-refractivity contribution in [2.45, 2.75) is 46.3 Å². The number of furan rings is 1. The van der Waals surface area contributed by atoms with Crippen molar-refractivity contribution in [3.05, 3.63) is 53.5 Å². The summed E-state index contributed by atoms with van der Waals surface area (Å²) in [5.41, 5.74) is 2.35. The Labute approximate surface area is 127 Å². The van der Waals surface area contributed by atoms with E-state index in [4.69, 9.17) is 9.15 Å². The van der Waals surface area contributed by atoms with Gasteiger partial charge in [-0.25, -0.2) is 0 Å². The molecule has 0 aliphatic carbocycles. The second kappa shape index (κ2) is 7.32. The molecule has 0 fully saturated rings. The first-order chi connectivity index (χ1) is 10.2. The van der Waals surface area contributed by atoms with Crippen molar-refractivity contribution >= 4 is 0 Å². The van der Waals surface area contributed by atoms with Crippen LogP contribution in [0.3, 0.4) is 0 Å². The number of hydrogen-bond acceptors (Lipinski definition) is 3. The van der Waals surface area contributed by atoms with E-state index in [0.29, 0.717) is 0 Å². The van der Waals surface area contributed by atoms with Gasteiger partial charge in [0.15, 0.2) is 0 Å². The maximum atomic E-state index is 5.97. The van der Waals surface area contributed by atoms with Gasteiger partial charge in [0.2, 0.25) is 0 Å². The second-order valence-electron chi connectivity index (χ2n) is 5.35. The minimum absolute atomic E-state index is 0.0960. The van der Waals surface area contributed by atoms with Gasteiger partial charge in [0, 0.05) is 17.5 Å². The minimum atomic E-state index is 0.0960. The average molecular weight is 287 g/mol. The van der Waals surface area contributed by atoms with E-state index in [1.165, 1.54) is 5.56 Å². The van der Waals surface area contributed by atoms with Gasteiger partial charge in [0.1, 0.15) is 11.5 Å². The van der Waals surface area contributed by atoms with Crippen LogP contribution in [0.5, 0.6) is 5.75 Å². The van der Waals surface area contributed by atoms with E-state index in [0.717, 1.165) is 30.0 Å². The molecular weight excluding hydrogens is 262 g/mol. The molecule has 0 amide bonds. The van der Waals surface area contributed by atoms with Crippen LogP contribution < -0.4 is 10.1 Å². The smallest absolute Gasteiger partial charge is 0.124 e. The SMILES string of the molecule is CCNC(c1ccccc1OC(C)C)c1ccoc1CC. The van der Waals surface area contributed by atoms with Crippen LogP contribution in [0.4, 0.5) is 0 Å². The van der Waals surface area contributed by atoms with Gasteiger partial charge in [-0.2, -0.15) is 0 Å². The predicted octanol–water partition coefficient (Wildman–Crippen LogP) is 4.33. The maximum absolute atomic E-state index is 5.97. The number of ether oxygens (including phenoxy) is 1. The summed E-state index contributed by atoms with van der Waals surface area (Å²) in [6, 6.07) is 10.4. The first-order valence-electron chi connectivity index (χ1n) is 7.72. The Kier molecular flexibility index (Phi) is 5.45. The van der Waals surface area contributed by atoms with Gasteiger partial charge < -0.3 is 14.5 Å². The summed E-state index contributed by atoms with van der Waals surface area (Å²) in [6.45, 7) is 9.21. The van der Waals surface area contributed by atoms with Crippen LogP contribution in [0.1, 0.15) is 50.6 Å². The number of hydrogen-bond donors (Lipinski definition) is 1. The molecule has 2 aromatic rings. The lowest BCUT2D eigenvalue weighted by Gasteiger charge is -2.22. The fourth-order valence-corrected chi connectivity index (χ4v) is 2.57. The Balaban J connectivity index is 2.43. The van der Waals surface area contributed by atoms with Crippen molar-refractivity contribution in [1.29, 1.82) is 0 Å². The molecule has 1 aromatic carbocycles. The molecule has 1 aromatic heterocycles. The summed E-state index contributed by atoms with van der Waals surface area (Å²) in [5, 5.41) is 3.55. The molecule has 0 aliphatic heterocycles. The molecule has 1 atom stereocenters. The van der Waals surface area contributed by atoms with Gasteiger partial charge in [-0.05, 0) is 32.5 Å². The monoisotopic (exact) mass is 287 g/mol. The molecule has 2 rings (SSSR count). The third-order valence-corrected chi connectivity index (χ3v) is 3.41. The molecule has 3 nitrogen and oxygen atoms in total. The van der Waals surface area contributed by atoms with Gasteiger partial charge >= 0.3 is 0 Å². The van der Waals surface area contributed by atoms with Crippen molar-refractivity contribution in [3.8, 4) is 5.75 Å². The molecule has 0 bridgehead atoms. The van der Waals surface area contributed by atoms with Crippen LogP contribution in [-0.4, -0.2) is 12.6 Å². The van der Waals surface area contributed by atoms with Gasteiger partial charge in [0.05, 0.1) is 18.4 Å². The zero-order chi connectivity index (χ0) is 15.2. The molecular formula is C18H25NO2. The highest BCUT2D eigenvalue weighted by molar-refractivity contribution is 5.42. The highest BCUT2D eigenvalue weighted by Crippen LogP contribution is 2.33. The van der Waals surface area contributed by atoms with Crippen LogP contribution >= 0.6 is 0 Å². The Morgan fingerprint density at radius 1 is 1.10 bits per heavy atom. The lowest BCUT2D eigenvalue weighted by molar-refractivity contribution is 0.238. The fraction of sp³-hybridized carbons (Fsp3) is 0.444. The summed E-state index contributed by atoms with van der Waals surface area (Å²) in [4.78, 5) is 0. The Morgan fingerprint density at radius 3 is 2.52 bits per heavy atom. The highest BCUT2D eigenvalue weighted by atomic mass is 16.5. The maximum Gasteiger partial charge on any atom is 0.124 e. The molecule has 0 saturated heterocycles. The van der Waals surface area contributed by atoms with E-state index in [1.807, 2.05) is 26.0 Å². The summed E-state index contributed by atoms with van der Waals surface area (Å²) in [6.07, 6.45) is 2.81. The predicted molar refractivity (Wildman–Crippen MR) is 85.8 cm³/mol. The van der Waals surface area contributed by atoms with E-state index in [2.05, 4.69) is 37.4 Å². The van der Waals surface area contributed by atoms with Crippen molar-refractivity contribution in [2.75, 3.05) is 6.54 Å². The first-order valence-corrected chi connectivity index (χ1v) is 7.72. The molecule has 0 aliphatic rings. The summed E-state index contributed by atoms with van der Waals surface area (Å²) >= 11 is 0. The summed E-state index contributed by atoms with van der Waals surface area (Å²) in [7, 11) is 0. The van der Waals surface area contributed by atoms with E-state index in [1.54, 1.807) is 6.26 Å². The van der Waals surface area contributed by atoms with Gasteiger partial charge in [0.25, 0.3) is 0 Å². The third kappa shape index (κ3) is 3.67. The summed E-state index contributed by atoms with van der Waals surface area (Å²) in [5.74, 6) is 1.96. The zero-order valence-corrected chi connectivity index (χ0v) is 13.3. The van der Waals surface area contributed by atoms with Crippen LogP contribution in [0.25, 0.3) is 0 Å². The molecule has 0 spiro atoms. The van der Waals surface area contributed by atoms with Crippen molar-refractivity contribution < 1.29 is 9.15 Å². The molecule has 1 heterocycles. The number of nitrogens with one attached hydrogen (secondary N) is 1. The van der Waals surface area contributed by atoms with Crippen LogP contribution in [0.2, 0.25) is 0 Å². The van der Waals surface area contributed by atoms with Gasteiger partial charge in [-0.1, -0.05) is 32.0 Å². The molecule has 0 radical (unpaired) electrons. The number of rotatable bonds is 7.